The number of aromatic hydroxyl groups is 1. The van der Waals surface area contributed by atoms with E-state index in [1.165, 1.54) is 33.7 Å². The van der Waals surface area contributed by atoms with Gasteiger partial charge in [0.25, 0.3) is 0 Å². The van der Waals surface area contributed by atoms with Crippen molar-refractivity contribution in [3.63, 3.8) is 0 Å². The summed E-state index contributed by atoms with van der Waals surface area (Å²) in [6.45, 7) is 2.21. The fraction of sp³-hybridized carbons (Fsp3) is 0.385. The summed E-state index contributed by atoms with van der Waals surface area (Å²) in [6, 6.07) is 5.22. The van der Waals surface area contributed by atoms with Crippen LogP contribution in [0.2, 0.25) is 0 Å². The summed E-state index contributed by atoms with van der Waals surface area (Å²) in [5.41, 5.74) is 0.554. The van der Waals surface area contributed by atoms with Crippen LogP contribution in [0.25, 0.3) is 0 Å². The van der Waals surface area contributed by atoms with Crippen LogP contribution in [0.4, 0.5) is 10.5 Å². The zero-order chi connectivity index (χ0) is 14.7. The number of amides is 2. The fourth-order valence-electron chi connectivity index (χ4n) is 2.08. The molecule has 1 heterocycles. The quantitative estimate of drug-likeness (QED) is 0.889. The molecule has 0 aliphatic carbocycles. The van der Waals surface area contributed by atoms with E-state index in [0.29, 0.717) is 23.9 Å². The van der Waals surface area contributed by atoms with Crippen LogP contribution in [0, 0.1) is 0 Å². The fourth-order valence-corrected chi connectivity index (χ4v) is 3.22. The summed E-state index contributed by atoms with van der Waals surface area (Å²) in [5.74, 6) is -0.154. The largest absolute Gasteiger partial charge is 0.508 e. The molecule has 1 aromatic rings. The molecule has 1 saturated heterocycles. The van der Waals surface area contributed by atoms with Gasteiger partial charge in [-0.25, -0.2) is 9.59 Å². The summed E-state index contributed by atoms with van der Waals surface area (Å²) >= 11 is 1.42. The zero-order valence-electron chi connectivity index (χ0n) is 11.0. The Labute approximate surface area is 121 Å². The standard InChI is InChI=1S/C13H16N2O4S/c1-2-14(9-4-3-5-10(16)6-9)13(19)15-8-20-7-11(15)12(17)18/h3-6,11,16H,2,7-8H2,1H3,(H,17,18)/t11-/m0/s1. The highest BCUT2D eigenvalue weighted by Crippen LogP contribution is 2.26. The lowest BCUT2D eigenvalue weighted by Crippen LogP contribution is -2.48. The molecule has 1 fully saturated rings. The molecule has 1 aliphatic heterocycles. The maximum Gasteiger partial charge on any atom is 0.327 e. The van der Waals surface area contributed by atoms with E-state index in [1.54, 1.807) is 19.1 Å². The number of anilines is 1. The van der Waals surface area contributed by atoms with Gasteiger partial charge in [-0.05, 0) is 19.1 Å². The Morgan fingerprint density at radius 1 is 1.50 bits per heavy atom. The van der Waals surface area contributed by atoms with Gasteiger partial charge in [-0.15, -0.1) is 11.8 Å². The highest BCUT2D eigenvalue weighted by molar-refractivity contribution is 7.99. The third kappa shape index (κ3) is 2.82. The smallest absolute Gasteiger partial charge is 0.327 e. The molecule has 1 aliphatic rings. The molecule has 108 valence electrons. The first-order valence-electron chi connectivity index (χ1n) is 6.22. The summed E-state index contributed by atoms with van der Waals surface area (Å²) < 4.78 is 0. The number of carboxylic acids is 1. The molecule has 2 rings (SSSR count). The molecule has 1 atom stereocenters. The minimum absolute atomic E-state index is 0.0688. The van der Waals surface area contributed by atoms with E-state index in [2.05, 4.69) is 0 Å². The van der Waals surface area contributed by atoms with Gasteiger partial charge in [-0.3, -0.25) is 4.90 Å². The second-order valence-electron chi connectivity index (χ2n) is 4.37. The van der Waals surface area contributed by atoms with Crippen molar-refractivity contribution in [3.05, 3.63) is 24.3 Å². The van der Waals surface area contributed by atoms with E-state index in [9.17, 15) is 14.7 Å². The molecule has 0 saturated carbocycles. The minimum atomic E-state index is -0.990. The first-order valence-corrected chi connectivity index (χ1v) is 7.37. The number of thioether (sulfide) groups is 1. The number of benzene rings is 1. The van der Waals surface area contributed by atoms with Crippen LogP contribution >= 0.6 is 11.8 Å². The Bertz CT molecular complexity index is 523. The molecule has 2 N–H and O–H groups in total. The van der Waals surface area contributed by atoms with Gasteiger partial charge in [0.2, 0.25) is 0 Å². The number of aliphatic carboxylic acids is 1. The van der Waals surface area contributed by atoms with Crippen LogP contribution in [0.1, 0.15) is 6.92 Å². The summed E-state index contributed by atoms with van der Waals surface area (Å²) in [6.07, 6.45) is 0. The normalized spacial score (nSPS) is 18.1. The molecule has 2 amide bonds. The van der Waals surface area contributed by atoms with E-state index in [4.69, 9.17) is 5.11 Å². The second kappa shape index (κ2) is 6.04. The number of phenols is 1. The lowest BCUT2D eigenvalue weighted by atomic mass is 10.2. The molecular formula is C13H16N2O4S. The van der Waals surface area contributed by atoms with Crippen molar-refractivity contribution in [1.82, 2.24) is 4.90 Å². The Hall–Kier alpha value is -1.89. The van der Waals surface area contributed by atoms with Gasteiger partial charge in [0.1, 0.15) is 11.8 Å². The van der Waals surface area contributed by atoms with Crippen molar-refractivity contribution < 1.29 is 19.8 Å². The first-order chi connectivity index (χ1) is 9.54. The molecule has 0 aromatic heterocycles. The molecule has 6 nitrogen and oxygen atoms in total. The molecule has 7 heteroatoms. The number of urea groups is 1. The molecule has 20 heavy (non-hydrogen) atoms. The van der Waals surface area contributed by atoms with Gasteiger partial charge in [-0.2, -0.15) is 0 Å². The third-order valence-electron chi connectivity index (χ3n) is 3.10. The van der Waals surface area contributed by atoms with E-state index in [-0.39, 0.29) is 11.8 Å². The predicted molar refractivity (Wildman–Crippen MR) is 77.1 cm³/mol. The number of carbonyl (C=O) groups is 2. The summed E-state index contributed by atoms with van der Waals surface area (Å²) in [5, 5.41) is 18.6. The van der Waals surface area contributed by atoms with Gasteiger partial charge in [-0.1, -0.05) is 6.07 Å². The van der Waals surface area contributed by atoms with Gasteiger partial charge >= 0.3 is 12.0 Å². The molecule has 0 spiro atoms. The van der Waals surface area contributed by atoms with Gasteiger partial charge in [0.05, 0.1) is 5.88 Å². The molecule has 0 radical (unpaired) electrons. The van der Waals surface area contributed by atoms with Crippen molar-refractivity contribution in [1.29, 1.82) is 0 Å². The number of carboxylic acid groups (broad SMARTS) is 1. The number of phenolic OH excluding ortho intramolecular Hbond substituents is 1. The van der Waals surface area contributed by atoms with Crippen LogP contribution in [-0.2, 0) is 4.79 Å². The Balaban J connectivity index is 2.23. The number of hydrogen-bond donors (Lipinski definition) is 2. The molecule has 0 unspecified atom stereocenters. The van der Waals surface area contributed by atoms with E-state index >= 15 is 0 Å². The Morgan fingerprint density at radius 3 is 2.85 bits per heavy atom. The highest BCUT2D eigenvalue weighted by Gasteiger charge is 2.36. The van der Waals surface area contributed by atoms with Gasteiger partial charge in [0.15, 0.2) is 0 Å². The second-order valence-corrected chi connectivity index (χ2v) is 5.37. The van der Waals surface area contributed by atoms with Crippen molar-refractivity contribution in [2.45, 2.75) is 13.0 Å². The summed E-state index contributed by atoms with van der Waals surface area (Å²) in [7, 11) is 0. The average Bonchev–Trinajstić information content (AvgIpc) is 2.89. The Kier molecular flexibility index (Phi) is 4.39. The topological polar surface area (TPSA) is 81.1 Å². The van der Waals surface area contributed by atoms with E-state index in [1.807, 2.05) is 0 Å². The van der Waals surface area contributed by atoms with Crippen molar-refractivity contribution in [2.24, 2.45) is 0 Å². The van der Waals surface area contributed by atoms with Crippen LogP contribution in [-0.4, -0.2) is 51.3 Å². The SMILES string of the molecule is CCN(C(=O)N1CSC[C@H]1C(=O)O)c1cccc(O)c1. The highest BCUT2D eigenvalue weighted by atomic mass is 32.2. The molecule has 0 bridgehead atoms. The average molecular weight is 296 g/mol. The van der Waals surface area contributed by atoms with Crippen LogP contribution in [0.5, 0.6) is 5.75 Å². The monoisotopic (exact) mass is 296 g/mol. The lowest BCUT2D eigenvalue weighted by molar-refractivity contribution is -0.140. The zero-order valence-corrected chi connectivity index (χ0v) is 11.8. The number of carbonyl (C=O) groups excluding carboxylic acids is 1. The minimum Gasteiger partial charge on any atom is -0.508 e. The van der Waals surface area contributed by atoms with E-state index < -0.39 is 12.0 Å². The predicted octanol–water partition coefficient (Wildman–Crippen LogP) is 1.80. The van der Waals surface area contributed by atoms with Crippen molar-refractivity contribution in [3.8, 4) is 5.75 Å². The third-order valence-corrected chi connectivity index (χ3v) is 4.11. The van der Waals surface area contributed by atoms with Gasteiger partial charge < -0.3 is 15.1 Å². The van der Waals surface area contributed by atoms with Crippen LogP contribution < -0.4 is 4.90 Å². The maximum atomic E-state index is 12.5. The first kappa shape index (κ1) is 14.5. The number of nitrogens with zero attached hydrogens (tertiary/aromatic N) is 2. The van der Waals surface area contributed by atoms with Gasteiger partial charge in [0, 0.05) is 24.1 Å². The lowest BCUT2D eigenvalue weighted by Gasteiger charge is -2.29. The van der Waals surface area contributed by atoms with Crippen molar-refractivity contribution >= 4 is 29.4 Å². The number of hydrogen-bond acceptors (Lipinski definition) is 4. The van der Waals surface area contributed by atoms with Crippen LogP contribution in [0.15, 0.2) is 24.3 Å². The molecule has 1 aromatic carbocycles. The Morgan fingerprint density at radius 2 is 2.25 bits per heavy atom. The van der Waals surface area contributed by atoms with Crippen molar-refractivity contribution in [2.75, 3.05) is 23.1 Å². The molecular weight excluding hydrogens is 280 g/mol. The maximum absolute atomic E-state index is 12.5. The van der Waals surface area contributed by atoms with Crippen LogP contribution in [0.3, 0.4) is 0 Å². The summed E-state index contributed by atoms with van der Waals surface area (Å²) in [4.78, 5) is 26.5. The van der Waals surface area contributed by atoms with E-state index in [0.717, 1.165) is 0 Å². The number of rotatable bonds is 3.